The molecule has 3 rings (SSSR count). The van der Waals surface area contributed by atoms with Crippen molar-refractivity contribution in [3.05, 3.63) is 52.5 Å². The molecule has 1 atom stereocenters. The number of nitrogens with two attached hydrogens (primary N) is 1. The number of pyridine rings is 1. The summed E-state index contributed by atoms with van der Waals surface area (Å²) in [5, 5.41) is 1.72. The van der Waals surface area contributed by atoms with E-state index < -0.39 is 0 Å². The Hall–Kier alpha value is -1.42. The van der Waals surface area contributed by atoms with Crippen molar-refractivity contribution in [2.75, 3.05) is 0 Å². The molecule has 2 heterocycles. The van der Waals surface area contributed by atoms with E-state index >= 15 is 0 Å². The van der Waals surface area contributed by atoms with E-state index in [0.29, 0.717) is 5.92 Å². The first-order valence-corrected chi connectivity index (χ1v) is 8.16. The number of benzene rings is 1. The summed E-state index contributed by atoms with van der Waals surface area (Å²) in [6.45, 7) is 4.28. The number of aromatic nitrogens is 1. The zero-order valence-electron chi connectivity index (χ0n) is 12.0. The second kappa shape index (κ2) is 5.76. The van der Waals surface area contributed by atoms with Crippen molar-refractivity contribution in [2.24, 2.45) is 11.7 Å². The maximum atomic E-state index is 6.26. The molecule has 2 aromatic heterocycles. The van der Waals surface area contributed by atoms with E-state index in [1.807, 2.05) is 24.3 Å². The van der Waals surface area contributed by atoms with Crippen LogP contribution in [-0.4, -0.2) is 4.98 Å². The van der Waals surface area contributed by atoms with Gasteiger partial charge in [0.15, 0.2) is 0 Å². The number of thiophene rings is 1. The molecule has 2 N–H and O–H groups in total. The van der Waals surface area contributed by atoms with Gasteiger partial charge in [0, 0.05) is 32.9 Å². The molecule has 3 aromatic rings. The van der Waals surface area contributed by atoms with E-state index in [1.54, 1.807) is 17.5 Å². The van der Waals surface area contributed by atoms with Crippen molar-refractivity contribution >= 4 is 33.8 Å². The van der Waals surface area contributed by atoms with E-state index in [1.165, 1.54) is 9.75 Å². The molecule has 108 valence electrons. The Kier molecular flexibility index (Phi) is 3.98. The molecule has 0 saturated carbocycles. The maximum absolute atomic E-state index is 6.26. The van der Waals surface area contributed by atoms with Crippen molar-refractivity contribution in [1.82, 2.24) is 4.98 Å². The summed E-state index contributed by atoms with van der Waals surface area (Å²) in [4.78, 5) is 6.89. The SMILES string of the molecule is CC(C)C(N)c1ccc(-c2ccc(Cl)c3cccnc23)s1. The molecule has 0 amide bonds. The minimum atomic E-state index is 0.0790. The van der Waals surface area contributed by atoms with Gasteiger partial charge in [-0.3, -0.25) is 4.98 Å². The van der Waals surface area contributed by atoms with E-state index in [4.69, 9.17) is 17.3 Å². The fourth-order valence-electron chi connectivity index (χ4n) is 2.34. The van der Waals surface area contributed by atoms with Crippen LogP contribution in [0.15, 0.2) is 42.6 Å². The highest BCUT2D eigenvalue weighted by Gasteiger charge is 2.15. The number of rotatable bonds is 3. The highest BCUT2D eigenvalue weighted by Crippen LogP contribution is 2.37. The summed E-state index contributed by atoms with van der Waals surface area (Å²) >= 11 is 7.99. The van der Waals surface area contributed by atoms with Crippen molar-refractivity contribution < 1.29 is 0 Å². The average Bonchev–Trinajstić information content (AvgIpc) is 2.96. The fraction of sp³-hybridized carbons (Fsp3) is 0.235. The Morgan fingerprint density at radius 3 is 2.71 bits per heavy atom. The second-order valence-electron chi connectivity index (χ2n) is 5.47. The summed E-state index contributed by atoms with van der Waals surface area (Å²) in [7, 11) is 0. The Bertz CT molecular complexity index is 779. The van der Waals surface area contributed by atoms with Crippen LogP contribution in [0.5, 0.6) is 0 Å². The molecule has 0 aliphatic rings. The maximum Gasteiger partial charge on any atom is 0.0803 e. The number of fused-ring (bicyclic) bond motifs is 1. The van der Waals surface area contributed by atoms with Gasteiger partial charge in [-0.2, -0.15) is 0 Å². The molecule has 21 heavy (non-hydrogen) atoms. The summed E-state index contributed by atoms with van der Waals surface area (Å²) < 4.78 is 0. The summed E-state index contributed by atoms with van der Waals surface area (Å²) in [6.07, 6.45) is 1.80. The van der Waals surface area contributed by atoms with E-state index in [-0.39, 0.29) is 6.04 Å². The lowest BCUT2D eigenvalue weighted by molar-refractivity contribution is 0.521. The van der Waals surface area contributed by atoms with Crippen LogP contribution in [0.1, 0.15) is 24.8 Å². The van der Waals surface area contributed by atoms with E-state index in [2.05, 4.69) is 31.0 Å². The van der Waals surface area contributed by atoms with Crippen LogP contribution in [0.4, 0.5) is 0 Å². The minimum Gasteiger partial charge on any atom is -0.323 e. The lowest BCUT2D eigenvalue weighted by Gasteiger charge is -2.13. The second-order valence-corrected chi connectivity index (χ2v) is 6.99. The highest BCUT2D eigenvalue weighted by atomic mass is 35.5. The molecule has 0 aliphatic heterocycles. The predicted octanol–water partition coefficient (Wildman–Crippen LogP) is 5.27. The Morgan fingerprint density at radius 2 is 1.95 bits per heavy atom. The van der Waals surface area contributed by atoms with Crippen LogP contribution in [-0.2, 0) is 0 Å². The van der Waals surface area contributed by atoms with Crippen LogP contribution >= 0.6 is 22.9 Å². The van der Waals surface area contributed by atoms with Crippen LogP contribution in [0, 0.1) is 5.92 Å². The van der Waals surface area contributed by atoms with Crippen molar-refractivity contribution in [3.63, 3.8) is 0 Å². The van der Waals surface area contributed by atoms with E-state index in [9.17, 15) is 0 Å². The van der Waals surface area contributed by atoms with Crippen LogP contribution in [0.25, 0.3) is 21.3 Å². The molecule has 0 bridgehead atoms. The topological polar surface area (TPSA) is 38.9 Å². The first-order chi connectivity index (χ1) is 10.1. The van der Waals surface area contributed by atoms with Gasteiger partial charge >= 0.3 is 0 Å². The van der Waals surface area contributed by atoms with Crippen molar-refractivity contribution in [1.29, 1.82) is 0 Å². The molecule has 0 saturated heterocycles. The number of halogens is 1. The molecule has 4 heteroatoms. The molecule has 0 spiro atoms. The molecular weight excluding hydrogens is 300 g/mol. The van der Waals surface area contributed by atoms with Gasteiger partial charge in [-0.15, -0.1) is 11.3 Å². The van der Waals surface area contributed by atoms with Gasteiger partial charge in [0.05, 0.1) is 10.5 Å². The lowest BCUT2D eigenvalue weighted by atomic mass is 10.0. The monoisotopic (exact) mass is 316 g/mol. The Labute approximate surface area is 133 Å². The Morgan fingerprint density at radius 1 is 1.14 bits per heavy atom. The standard InChI is InChI=1S/C17H17ClN2S/c1-10(2)16(19)15-8-7-14(21-15)12-5-6-13(18)11-4-3-9-20-17(11)12/h3-10,16H,19H2,1-2H3. The number of hydrogen-bond acceptors (Lipinski definition) is 3. The third-order valence-electron chi connectivity index (χ3n) is 3.66. The zero-order valence-corrected chi connectivity index (χ0v) is 13.6. The smallest absolute Gasteiger partial charge is 0.0803 e. The number of nitrogens with zero attached hydrogens (tertiary/aromatic N) is 1. The normalized spacial score (nSPS) is 13.0. The van der Waals surface area contributed by atoms with Crippen molar-refractivity contribution in [3.8, 4) is 10.4 Å². The Balaban J connectivity index is 2.11. The van der Waals surface area contributed by atoms with Crippen LogP contribution < -0.4 is 5.73 Å². The zero-order chi connectivity index (χ0) is 15.0. The van der Waals surface area contributed by atoms with Gasteiger partial charge in [0.2, 0.25) is 0 Å². The lowest BCUT2D eigenvalue weighted by Crippen LogP contribution is -2.14. The molecule has 2 nitrogen and oxygen atoms in total. The largest absolute Gasteiger partial charge is 0.323 e. The third-order valence-corrected chi connectivity index (χ3v) is 5.20. The minimum absolute atomic E-state index is 0.0790. The molecular formula is C17H17ClN2S. The average molecular weight is 317 g/mol. The van der Waals surface area contributed by atoms with Gasteiger partial charge in [-0.1, -0.05) is 25.4 Å². The summed E-state index contributed by atoms with van der Waals surface area (Å²) in [5.41, 5.74) is 8.29. The molecule has 0 radical (unpaired) electrons. The fourth-order valence-corrected chi connectivity index (χ4v) is 3.77. The quantitative estimate of drug-likeness (QED) is 0.714. The van der Waals surface area contributed by atoms with Crippen LogP contribution in [0.2, 0.25) is 5.02 Å². The van der Waals surface area contributed by atoms with Gasteiger partial charge in [0.1, 0.15) is 0 Å². The highest BCUT2D eigenvalue weighted by molar-refractivity contribution is 7.15. The van der Waals surface area contributed by atoms with Gasteiger partial charge in [-0.25, -0.2) is 0 Å². The summed E-state index contributed by atoms with van der Waals surface area (Å²) in [6, 6.07) is 12.2. The van der Waals surface area contributed by atoms with E-state index in [0.717, 1.165) is 21.5 Å². The first-order valence-electron chi connectivity index (χ1n) is 6.97. The molecule has 1 aromatic carbocycles. The van der Waals surface area contributed by atoms with Gasteiger partial charge in [0.25, 0.3) is 0 Å². The first kappa shape index (κ1) is 14.5. The third kappa shape index (κ3) is 2.69. The predicted molar refractivity (Wildman–Crippen MR) is 91.8 cm³/mol. The van der Waals surface area contributed by atoms with Gasteiger partial charge in [-0.05, 0) is 42.3 Å². The van der Waals surface area contributed by atoms with Crippen LogP contribution in [0.3, 0.4) is 0 Å². The van der Waals surface area contributed by atoms with Crippen molar-refractivity contribution in [2.45, 2.75) is 19.9 Å². The number of hydrogen-bond donors (Lipinski definition) is 1. The molecule has 0 aliphatic carbocycles. The molecule has 1 unspecified atom stereocenters. The van der Waals surface area contributed by atoms with Gasteiger partial charge < -0.3 is 5.73 Å². The summed E-state index contributed by atoms with van der Waals surface area (Å²) in [5.74, 6) is 0.427. The molecule has 0 fully saturated rings.